The molecule has 0 radical (unpaired) electrons. The van der Waals surface area contributed by atoms with Crippen LogP contribution in [0.1, 0.15) is 47.8 Å². The number of anilines is 1. The predicted octanol–water partition coefficient (Wildman–Crippen LogP) is 3.32. The third-order valence-corrected chi connectivity index (χ3v) is 4.89. The Hall–Kier alpha value is -2.28. The van der Waals surface area contributed by atoms with Crippen molar-refractivity contribution in [3.05, 3.63) is 35.1 Å². The summed E-state index contributed by atoms with van der Waals surface area (Å²) in [5, 5.41) is 11.7. The van der Waals surface area contributed by atoms with Crippen molar-refractivity contribution in [2.45, 2.75) is 31.6 Å². The number of amides is 1. The van der Waals surface area contributed by atoms with Crippen LogP contribution in [0.2, 0.25) is 0 Å². The van der Waals surface area contributed by atoms with E-state index in [1.165, 1.54) is 12.8 Å². The predicted molar refractivity (Wildman–Crippen MR) is 85.2 cm³/mol. The molecule has 0 aromatic carbocycles. The molecule has 0 unspecified atom stereocenters. The molecule has 3 aromatic rings. The number of carbonyl (C=O) groups excluding carboxylic acids is 1. The van der Waals surface area contributed by atoms with Gasteiger partial charge < -0.3 is 0 Å². The standard InChI is InChI=1S/C15H15N5OS/c21-14(10-7-12-11(16-8-10)5-6-22-12)18-15-17-13(19-20-15)9-3-1-2-4-9/h5-9H,1-4H2,(H2,17,18,19,20,21). The Morgan fingerprint density at radius 3 is 3.09 bits per heavy atom. The number of fused-ring (bicyclic) bond motifs is 1. The third kappa shape index (κ3) is 2.48. The molecule has 1 amide bonds. The molecule has 0 spiro atoms. The van der Waals surface area contributed by atoms with Gasteiger partial charge in [-0.15, -0.1) is 16.4 Å². The highest BCUT2D eigenvalue weighted by molar-refractivity contribution is 7.17. The van der Waals surface area contributed by atoms with Crippen LogP contribution in [0.25, 0.3) is 10.2 Å². The zero-order valence-electron chi connectivity index (χ0n) is 11.9. The van der Waals surface area contributed by atoms with Gasteiger partial charge in [-0.3, -0.25) is 20.2 Å². The summed E-state index contributed by atoms with van der Waals surface area (Å²) in [6, 6.07) is 3.78. The van der Waals surface area contributed by atoms with Gasteiger partial charge in [-0.25, -0.2) is 0 Å². The van der Waals surface area contributed by atoms with Gasteiger partial charge in [0.25, 0.3) is 5.91 Å². The van der Waals surface area contributed by atoms with Crippen LogP contribution < -0.4 is 5.32 Å². The molecular weight excluding hydrogens is 298 g/mol. The Bertz CT molecular complexity index is 818. The molecule has 1 aliphatic carbocycles. The number of hydrogen-bond acceptors (Lipinski definition) is 5. The molecule has 112 valence electrons. The van der Waals surface area contributed by atoms with E-state index in [0.717, 1.165) is 28.9 Å². The molecule has 3 heterocycles. The molecule has 1 fully saturated rings. The van der Waals surface area contributed by atoms with E-state index in [1.54, 1.807) is 17.5 Å². The van der Waals surface area contributed by atoms with Gasteiger partial charge in [-0.1, -0.05) is 12.8 Å². The first-order valence-corrected chi connectivity index (χ1v) is 8.24. The van der Waals surface area contributed by atoms with E-state index in [2.05, 4.69) is 25.5 Å². The average molecular weight is 313 g/mol. The van der Waals surface area contributed by atoms with Crippen molar-refractivity contribution >= 4 is 33.4 Å². The molecule has 1 saturated carbocycles. The van der Waals surface area contributed by atoms with E-state index >= 15 is 0 Å². The Kier molecular flexibility index (Phi) is 3.34. The highest BCUT2D eigenvalue weighted by Gasteiger charge is 2.21. The van der Waals surface area contributed by atoms with Crippen LogP contribution in [-0.2, 0) is 0 Å². The molecule has 22 heavy (non-hydrogen) atoms. The fraction of sp³-hybridized carbons (Fsp3) is 0.333. The molecule has 0 saturated heterocycles. The number of carbonyl (C=O) groups is 1. The molecule has 0 bridgehead atoms. The summed E-state index contributed by atoms with van der Waals surface area (Å²) in [5.74, 6) is 1.42. The second-order valence-corrected chi connectivity index (χ2v) is 6.46. The number of aromatic nitrogens is 4. The highest BCUT2D eigenvalue weighted by atomic mass is 32.1. The minimum atomic E-state index is -0.236. The van der Waals surface area contributed by atoms with Crippen molar-refractivity contribution in [3.63, 3.8) is 0 Å². The lowest BCUT2D eigenvalue weighted by Crippen LogP contribution is -2.13. The first-order valence-electron chi connectivity index (χ1n) is 7.36. The van der Waals surface area contributed by atoms with Gasteiger partial charge in [0.1, 0.15) is 5.82 Å². The van der Waals surface area contributed by atoms with E-state index in [1.807, 2.05) is 17.5 Å². The van der Waals surface area contributed by atoms with Crippen LogP contribution in [0.15, 0.2) is 23.7 Å². The number of nitrogens with zero attached hydrogens (tertiary/aromatic N) is 3. The van der Waals surface area contributed by atoms with Gasteiger partial charge in [0, 0.05) is 12.1 Å². The average Bonchev–Trinajstić information content (AvgIpc) is 3.27. The number of nitrogens with one attached hydrogen (secondary N) is 2. The number of hydrogen-bond donors (Lipinski definition) is 2. The summed E-state index contributed by atoms with van der Waals surface area (Å²) in [6.45, 7) is 0. The zero-order valence-corrected chi connectivity index (χ0v) is 12.7. The number of pyridine rings is 1. The molecule has 3 aromatic heterocycles. The van der Waals surface area contributed by atoms with E-state index in [-0.39, 0.29) is 5.91 Å². The van der Waals surface area contributed by atoms with Gasteiger partial charge in [0.15, 0.2) is 0 Å². The Morgan fingerprint density at radius 1 is 1.36 bits per heavy atom. The van der Waals surface area contributed by atoms with Crippen molar-refractivity contribution in [2.75, 3.05) is 5.32 Å². The zero-order chi connectivity index (χ0) is 14.9. The maximum absolute atomic E-state index is 12.3. The summed E-state index contributed by atoms with van der Waals surface area (Å²) in [4.78, 5) is 20.9. The number of aromatic amines is 1. The van der Waals surface area contributed by atoms with Crippen molar-refractivity contribution in [3.8, 4) is 0 Å². The minimum absolute atomic E-state index is 0.236. The first kappa shape index (κ1) is 13.4. The number of rotatable bonds is 3. The molecule has 1 aliphatic rings. The molecule has 6 nitrogen and oxygen atoms in total. The van der Waals surface area contributed by atoms with Gasteiger partial charge in [-0.2, -0.15) is 4.98 Å². The Morgan fingerprint density at radius 2 is 2.23 bits per heavy atom. The van der Waals surface area contributed by atoms with Crippen LogP contribution in [0, 0.1) is 0 Å². The smallest absolute Gasteiger partial charge is 0.259 e. The second kappa shape index (κ2) is 5.49. The fourth-order valence-corrected chi connectivity index (χ4v) is 3.64. The van der Waals surface area contributed by atoms with Crippen molar-refractivity contribution in [2.24, 2.45) is 0 Å². The summed E-state index contributed by atoms with van der Waals surface area (Å²) in [7, 11) is 0. The van der Waals surface area contributed by atoms with E-state index in [4.69, 9.17) is 0 Å². The van der Waals surface area contributed by atoms with Gasteiger partial charge >= 0.3 is 0 Å². The summed E-state index contributed by atoms with van der Waals surface area (Å²) in [6.07, 6.45) is 6.33. The summed E-state index contributed by atoms with van der Waals surface area (Å²) >= 11 is 1.57. The second-order valence-electron chi connectivity index (χ2n) is 5.51. The lowest BCUT2D eigenvalue weighted by molar-refractivity contribution is 0.102. The van der Waals surface area contributed by atoms with Gasteiger partial charge in [0.2, 0.25) is 5.95 Å². The van der Waals surface area contributed by atoms with Gasteiger partial charge in [0.05, 0.1) is 15.8 Å². The highest BCUT2D eigenvalue weighted by Crippen LogP contribution is 2.32. The maximum Gasteiger partial charge on any atom is 0.259 e. The molecule has 7 heteroatoms. The topological polar surface area (TPSA) is 83.6 Å². The SMILES string of the molecule is O=C(Nc1n[nH]c(C2CCCC2)n1)c1cnc2ccsc2c1. The Balaban J connectivity index is 1.51. The summed E-state index contributed by atoms with van der Waals surface area (Å²) in [5.41, 5.74) is 1.42. The largest absolute Gasteiger partial charge is 0.289 e. The van der Waals surface area contributed by atoms with Crippen LogP contribution in [0.4, 0.5) is 5.95 Å². The van der Waals surface area contributed by atoms with E-state index in [0.29, 0.717) is 17.4 Å². The van der Waals surface area contributed by atoms with Crippen LogP contribution in [-0.4, -0.2) is 26.1 Å². The third-order valence-electron chi connectivity index (χ3n) is 4.03. The molecular formula is C15H15N5OS. The minimum Gasteiger partial charge on any atom is -0.289 e. The van der Waals surface area contributed by atoms with Crippen LogP contribution >= 0.6 is 11.3 Å². The quantitative estimate of drug-likeness (QED) is 0.777. The molecule has 4 rings (SSSR count). The normalized spacial score (nSPS) is 15.5. The van der Waals surface area contributed by atoms with Crippen LogP contribution in [0.5, 0.6) is 0 Å². The number of thiophene rings is 1. The molecule has 0 aliphatic heterocycles. The molecule has 0 atom stereocenters. The lowest BCUT2D eigenvalue weighted by Gasteiger charge is -2.02. The fourth-order valence-electron chi connectivity index (χ4n) is 2.86. The Labute approximate surface area is 131 Å². The van der Waals surface area contributed by atoms with E-state index < -0.39 is 0 Å². The van der Waals surface area contributed by atoms with Crippen molar-refractivity contribution in [1.29, 1.82) is 0 Å². The number of H-pyrrole nitrogens is 1. The first-order chi connectivity index (χ1) is 10.8. The van der Waals surface area contributed by atoms with E-state index in [9.17, 15) is 4.79 Å². The maximum atomic E-state index is 12.3. The van der Waals surface area contributed by atoms with Crippen molar-refractivity contribution < 1.29 is 4.79 Å². The lowest BCUT2D eigenvalue weighted by atomic mass is 10.1. The summed E-state index contributed by atoms with van der Waals surface area (Å²) < 4.78 is 0.995. The monoisotopic (exact) mass is 313 g/mol. The van der Waals surface area contributed by atoms with Crippen LogP contribution in [0.3, 0.4) is 0 Å². The van der Waals surface area contributed by atoms with Gasteiger partial charge in [-0.05, 0) is 30.4 Å². The molecule has 2 N–H and O–H groups in total. The van der Waals surface area contributed by atoms with Crippen molar-refractivity contribution in [1.82, 2.24) is 20.2 Å².